The molecule has 0 N–H and O–H groups in total. The van der Waals surface area contributed by atoms with Crippen molar-refractivity contribution in [2.24, 2.45) is 5.92 Å². The van der Waals surface area contributed by atoms with E-state index in [1.165, 1.54) is 6.92 Å². The van der Waals surface area contributed by atoms with Gasteiger partial charge in [0, 0.05) is 6.08 Å². The SMILES string of the molecule is CC(=CC(=O)OCC1CC1)C(F)F. The van der Waals surface area contributed by atoms with Gasteiger partial charge in [0.25, 0.3) is 6.43 Å². The molecule has 0 aliphatic heterocycles. The summed E-state index contributed by atoms with van der Waals surface area (Å²) in [7, 11) is 0. The Labute approximate surface area is 75.6 Å². The number of esters is 1. The molecule has 0 saturated heterocycles. The van der Waals surface area contributed by atoms with E-state index in [-0.39, 0.29) is 5.57 Å². The monoisotopic (exact) mass is 190 g/mol. The van der Waals surface area contributed by atoms with Crippen LogP contribution >= 0.6 is 0 Å². The first-order valence-electron chi connectivity index (χ1n) is 4.22. The predicted molar refractivity (Wildman–Crippen MR) is 43.4 cm³/mol. The summed E-state index contributed by atoms with van der Waals surface area (Å²) in [5.41, 5.74) is -0.249. The Morgan fingerprint density at radius 3 is 2.69 bits per heavy atom. The highest BCUT2D eigenvalue weighted by Gasteiger charge is 2.22. The molecular weight excluding hydrogens is 178 g/mol. The third-order valence-corrected chi connectivity index (χ3v) is 1.85. The Hall–Kier alpha value is -0.930. The third-order valence-electron chi connectivity index (χ3n) is 1.85. The lowest BCUT2D eigenvalue weighted by Gasteiger charge is -2.01. The van der Waals surface area contributed by atoms with E-state index in [0.29, 0.717) is 12.5 Å². The second-order valence-electron chi connectivity index (χ2n) is 3.26. The van der Waals surface area contributed by atoms with Crippen LogP contribution in [0.5, 0.6) is 0 Å². The summed E-state index contributed by atoms with van der Waals surface area (Å²) < 4.78 is 28.6. The first-order valence-corrected chi connectivity index (χ1v) is 4.22. The molecule has 0 unspecified atom stereocenters. The average Bonchev–Trinajstić information content (AvgIpc) is 2.83. The van der Waals surface area contributed by atoms with Gasteiger partial charge in [-0.2, -0.15) is 0 Å². The van der Waals surface area contributed by atoms with E-state index in [1.54, 1.807) is 0 Å². The van der Waals surface area contributed by atoms with Gasteiger partial charge in [0.05, 0.1) is 6.61 Å². The molecule has 1 aliphatic carbocycles. The Kier molecular flexibility index (Phi) is 3.39. The predicted octanol–water partition coefficient (Wildman–Crippen LogP) is 2.15. The number of hydrogen-bond acceptors (Lipinski definition) is 2. The van der Waals surface area contributed by atoms with Crippen molar-refractivity contribution in [2.45, 2.75) is 26.2 Å². The van der Waals surface area contributed by atoms with Gasteiger partial charge in [0.2, 0.25) is 0 Å². The van der Waals surface area contributed by atoms with Crippen molar-refractivity contribution < 1.29 is 18.3 Å². The number of rotatable bonds is 4. The maximum atomic E-state index is 11.9. The Morgan fingerprint density at radius 2 is 2.23 bits per heavy atom. The summed E-state index contributed by atoms with van der Waals surface area (Å²) in [4.78, 5) is 10.9. The highest BCUT2D eigenvalue weighted by atomic mass is 19.3. The average molecular weight is 190 g/mol. The molecule has 1 saturated carbocycles. The molecule has 0 heterocycles. The Bertz CT molecular complexity index is 220. The van der Waals surface area contributed by atoms with Gasteiger partial charge in [-0.15, -0.1) is 0 Å². The van der Waals surface area contributed by atoms with Crippen LogP contribution in [0.2, 0.25) is 0 Å². The lowest BCUT2D eigenvalue weighted by molar-refractivity contribution is -0.138. The smallest absolute Gasteiger partial charge is 0.330 e. The second kappa shape index (κ2) is 4.35. The highest BCUT2D eigenvalue weighted by molar-refractivity contribution is 5.82. The van der Waals surface area contributed by atoms with Crippen molar-refractivity contribution >= 4 is 5.97 Å². The van der Waals surface area contributed by atoms with Gasteiger partial charge in [0.1, 0.15) is 0 Å². The van der Waals surface area contributed by atoms with Crippen LogP contribution in [-0.4, -0.2) is 19.0 Å². The largest absolute Gasteiger partial charge is 0.462 e. The van der Waals surface area contributed by atoms with E-state index in [4.69, 9.17) is 4.74 Å². The minimum atomic E-state index is -2.58. The molecule has 0 bridgehead atoms. The quantitative estimate of drug-likeness (QED) is 0.501. The maximum absolute atomic E-state index is 11.9. The molecule has 2 nitrogen and oxygen atoms in total. The molecule has 1 fully saturated rings. The summed E-state index contributed by atoms with van der Waals surface area (Å²) >= 11 is 0. The number of halogens is 2. The fourth-order valence-electron chi connectivity index (χ4n) is 0.775. The van der Waals surface area contributed by atoms with E-state index in [9.17, 15) is 13.6 Å². The van der Waals surface area contributed by atoms with Crippen LogP contribution < -0.4 is 0 Å². The van der Waals surface area contributed by atoms with Crippen LogP contribution in [0.4, 0.5) is 8.78 Å². The number of allylic oxidation sites excluding steroid dienone is 1. The first kappa shape index (κ1) is 10.2. The molecule has 4 heteroatoms. The van der Waals surface area contributed by atoms with Crippen molar-refractivity contribution in [1.82, 2.24) is 0 Å². The molecule has 0 aromatic carbocycles. The van der Waals surface area contributed by atoms with Crippen LogP contribution in [0.25, 0.3) is 0 Å². The molecule has 13 heavy (non-hydrogen) atoms. The summed E-state index contributed by atoms with van der Waals surface area (Å²) in [6.07, 6.45) is 0.427. The van der Waals surface area contributed by atoms with Gasteiger partial charge < -0.3 is 4.74 Å². The molecule has 1 rings (SSSR count). The van der Waals surface area contributed by atoms with E-state index < -0.39 is 12.4 Å². The molecule has 74 valence electrons. The van der Waals surface area contributed by atoms with Gasteiger partial charge in [-0.3, -0.25) is 0 Å². The number of ether oxygens (including phenoxy) is 1. The zero-order valence-electron chi connectivity index (χ0n) is 7.43. The van der Waals surface area contributed by atoms with Crippen molar-refractivity contribution in [3.8, 4) is 0 Å². The topological polar surface area (TPSA) is 26.3 Å². The summed E-state index contributed by atoms with van der Waals surface area (Å²) in [5.74, 6) is -0.200. The molecule has 0 radical (unpaired) electrons. The van der Waals surface area contributed by atoms with Crippen LogP contribution in [0.1, 0.15) is 19.8 Å². The van der Waals surface area contributed by atoms with E-state index in [0.717, 1.165) is 18.9 Å². The van der Waals surface area contributed by atoms with Crippen LogP contribution in [0.15, 0.2) is 11.6 Å². The lowest BCUT2D eigenvalue weighted by Crippen LogP contribution is -2.06. The first-order chi connectivity index (χ1) is 6.09. The minimum absolute atomic E-state index is 0.249. The van der Waals surface area contributed by atoms with E-state index in [2.05, 4.69) is 0 Å². The van der Waals surface area contributed by atoms with Gasteiger partial charge in [0.15, 0.2) is 0 Å². The zero-order valence-corrected chi connectivity index (χ0v) is 7.43. The van der Waals surface area contributed by atoms with E-state index >= 15 is 0 Å². The Balaban J connectivity index is 2.25. The molecule has 1 aliphatic rings. The van der Waals surface area contributed by atoms with Crippen LogP contribution in [0.3, 0.4) is 0 Å². The normalized spacial score (nSPS) is 17.7. The van der Waals surface area contributed by atoms with Gasteiger partial charge in [-0.05, 0) is 31.3 Å². The van der Waals surface area contributed by atoms with Crippen molar-refractivity contribution in [2.75, 3.05) is 6.61 Å². The lowest BCUT2D eigenvalue weighted by atomic mass is 10.3. The summed E-state index contributed by atoms with van der Waals surface area (Å²) in [6, 6.07) is 0. The molecule has 0 spiro atoms. The highest BCUT2D eigenvalue weighted by Crippen LogP contribution is 2.28. The van der Waals surface area contributed by atoms with Crippen LogP contribution in [-0.2, 0) is 9.53 Å². The van der Waals surface area contributed by atoms with E-state index in [1.807, 2.05) is 0 Å². The third kappa shape index (κ3) is 4.01. The fourth-order valence-corrected chi connectivity index (χ4v) is 0.775. The zero-order chi connectivity index (χ0) is 9.84. The summed E-state index contributed by atoms with van der Waals surface area (Å²) in [6.45, 7) is 1.58. The molecule has 0 amide bonds. The van der Waals surface area contributed by atoms with Crippen molar-refractivity contribution in [3.05, 3.63) is 11.6 Å². The standard InChI is InChI=1S/C9H12F2O2/c1-6(9(10)11)4-8(12)13-5-7-2-3-7/h4,7,9H,2-3,5H2,1H3. The van der Waals surface area contributed by atoms with Gasteiger partial charge in [-0.1, -0.05) is 0 Å². The van der Waals surface area contributed by atoms with Crippen molar-refractivity contribution in [1.29, 1.82) is 0 Å². The fraction of sp³-hybridized carbons (Fsp3) is 0.667. The van der Waals surface area contributed by atoms with Gasteiger partial charge >= 0.3 is 5.97 Å². The minimum Gasteiger partial charge on any atom is -0.462 e. The van der Waals surface area contributed by atoms with Crippen molar-refractivity contribution in [3.63, 3.8) is 0 Å². The number of carbonyl (C=O) groups excluding carboxylic acids is 1. The Morgan fingerprint density at radius 1 is 1.62 bits per heavy atom. The summed E-state index contributed by atoms with van der Waals surface area (Å²) in [5, 5.41) is 0. The number of carbonyl (C=O) groups is 1. The molecule has 0 aromatic rings. The number of hydrogen-bond donors (Lipinski definition) is 0. The second-order valence-corrected chi connectivity index (χ2v) is 3.26. The van der Waals surface area contributed by atoms with Gasteiger partial charge in [-0.25, -0.2) is 13.6 Å². The number of alkyl halides is 2. The van der Waals surface area contributed by atoms with Crippen LogP contribution in [0, 0.1) is 5.92 Å². The molecule has 0 aromatic heterocycles. The molecule has 0 atom stereocenters. The molecular formula is C9H12F2O2. The maximum Gasteiger partial charge on any atom is 0.330 e.